The van der Waals surface area contributed by atoms with Gasteiger partial charge in [0.2, 0.25) is 5.43 Å². The summed E-state index contributed by atoms with van der Waals surface area (Å²) in [7, 11) is 0. The summed E-state index contributed by atoms with van der Waals surface area (Å²) in [5.74, 6) is 0. The van der Waals surface area contributed by atoms with Crippen LogP contribution in [0.4, 0.5) is 5.69 Å². The number of aryl methyl sites for hydroxylation is 2. The van der Waals surface area contributed by atoms with E-state index in [9.17, 15) is 14.9 Å². The van der Waals surface area contributed by atoms with E-state index in [-0.39, 0.29) is 16.5 Å². The maximum atomic E-state index is 12.6. The third-order valence-electron chi connectivity index (χ3n) is 3.58. The van der Waals surface area contributed by atoms with E-state index in [0.29, 0.717) is 10.9 Å². The maximum absolute atomic E-state index is 12.6. The Morgan fingerprint density at radius 1 is 1.05 bits per heavy atom. The second kappa shape index (κ2) is 4.16. The van der Waals surface area contributed by atoms with Gasteiger partial charge < -0.3 is 4.98 Å². The van der Waals surface area contributed by atoms with Gasteiger partial charge in [0.05, 0.1) is 16.0 Å². The average molecular weight is 268 g/mol. The first-order chi connectivity index (χ1) is 9.50. The van der Waals surface area contributed by atoms with Crippen LogP contribution < -0.4 is 5.43 Å². The van der Waals surface area contributed by atoms with Gasteiger partial charge in [0, 0.05) is 11.5 Å². The molecule has 1 aromatic heterocycles. The third kappa shape index (κ3) is 1.60. The van der Waals surface area contributed by atoms with Crippen LogP contribution in [-0.2, 0) is 0 Å². The first-order valence-corrected chi connectivity index (χ1v) is 6.20. The van der Waals surface area contributed by atoms with Gasteiger partial charge in [0.25, 0.3) is 5.69 Å². The number of para-hydroxylation sites is 1. The maximum Gasteiger partial charge on any atom is 0.282 e. The smallest absolute Gasteiger partial charge is 0.282 e. The number of benzene rings is 2. The molecule has 5 nitrogen and oxygen atoms in total. The highest BCUT2D eigenvalue weighted by atomic mass is 16.6. The van der Waals surface area contributed by atoms with Crippen molar-refractivity contribution in [2.75, 3.05) is 0 Å². The molecule has 0 fully saturated rings. The van der Waals surface area contributed by atoms with Gasteiger partial charge in [-0.05, 0) is 31.0 Å². The zero-order chi connectivity index (χ0) is 14.4. The lowest BCUT2D eigenvalue weighted by atomic mass is 10.0. The second-order valence-corrected chi connectivity index (χ2v) is 4.86. The Balaban J connectivity index is 2.67. The van der Waals surface area contributed by atoms with Crippen molar-refractivity contribution in [3.05, 3.63) is 61.8 Å². The van der Waals surface area contributed by atoms with E-state index < -0.39 is 4.92 Å². The Kier molecular flexibility index (Phi) is 2.57. The number of aromatic nitrogens is 1. The Labute approximate surface area is 114 Å². The fourth-order valence-electron chi connectivity index (χ4n) is 2.52. The molecule has 0 saturated carbocycles. The molecule has 0 saturated heterocycles. The lowest BCUT2D eigenvalue weighted by Crippen LogP contribution is -2.08. The molecule has 0 atom stereocenters. The summed E-state index contributed by atoms with van der Waals surface area (Å²) in [5.41, 5.74) is 2.56. The van der Waals surface area contributed by atoms with Crippen LogP contribution in [0.15, 0.2) is 35.1 Å². The summed E-state index contributed by atoms with van der Waals surface area (Å²) in [6.45, 7) is 3.73. The van der Waals surface area contributed by atoms with Gasteiger partial charge >= 0.3 is 0 Å². The summed E-state index contributed by atoms with van der Waals surface area (Å²) < 4.78 is 0. The van der Waals surface area contributed by atoms with E-state index in [2.05, 4.69) is 4.98 Å². The van der Waals surface area contributed by atoms with E-state index in [1.807, 2.05) is 19.9 Å². The van der Waals surface area contributed by atoms with Crippen LogP contribution in [-0.4, -0.2) is 9.91 Å². The van der Waals surface area contributed by atoms with Crippen molar-refractivity contribution in [2.24, 2.45) is 0 Å². The monoisotopic (exact) mass is 268 g/mol. The number of H-pyrrole nitrogens is 1. The number of nitrogens with one attached hydrogen (secondary N) is 1. The van der Waals surface area contributed by atoms with Crippen molar-refractivity contribution in [3.63, 3.8) is 0 Å². The lowest BCUT2D eigenvalue weighted by Gasteiger charge is -2.07. The van der Waals surface area contributed by atoms with E-state index >= 15 is 0 Å². The molecule has 1 heterocycles. The molecule has 0 spiro atoms. The normalized spacial score (nSPS) is 11.1. The van der Waals surface area contributed by atoms with Crippen molar-refractivity contribution in [1.82, 2.24) is 4.98 Å². The van der Waals surface area contributed by atoms with Gasteiger partial charge in [0.1, 0.15) is 5.39 Å². The number of pyridine rings is 1. The van der Waals surface area contributed by atoms with Gasteiger partial charge in [-0.1, -0.05) is 18.2 Å². The molecule has 3 aromatic rings. The summed E-state index contributed by atoms with van der Waals surface area (Å²) in [6.07, 6.45) is 0. The molecule has 100 valence electrons. The molecule has 3 rings (SSSR count). The number of rotatable bonds is 1. The van der Waals surface area contributed by atoms with E-state index in [1.54, 1.807) is 18.2 Å². The Hall–Kier alpha value is -2.69. The highest BCUT2D eigenvalue weighted by Crippen LogP contribution is 2.27. The standard InChI is InChI=1S/C15H12N2O3/c1-8-4-3-5-10-13(8)16-14-9(2)6-7-11(17(19)20)12(14)15(10)18/h3-7H,1-2H3,(H,16,18). The van der Waals surface area contributed by atoms with Crippen LogP contribution in [0.2, 0.25) is 0 Å². The number of hydrogen-bond acceptors (Lipinski definition) is 3. The first-order valence-electron chi connectivity index (χ1n) is 6.20. The largest absolute Gasteiger partial charge is 0.354 e. The minimum absolute atomic E-state index is 0.146. The molecule has 5 heteroatoms. The summed E-state index contributed by atoms with van der Waals surface area (Å²) in [6, 6.07) is 8.40. The Morgan fingerprint density at radius 2 is 1.75 bits per heavy atom. The minimum atomic E-state index is -0.515. The predicted octanol–water partition coefficient (Wildman–Crippen LogP) is 3.21. The van der Waals surface area contributed by atoms with Gasteiger partial charge in [0.15, 0.2) is 0 Å². The SMILES string of the molecule is Cc1cccc2c(=O)c3c([N+](=O)[O-])ccc(C)c3[nH]c12. The van der Waals surface area contributed by atoms with Gasteiger partial charge in [-0.25, -0.2) is 0 Å². The quantitative estimate of drug-likeness (QED) is 0.418. The Morgan fingerprint density at radius 3 is 2.45 bits per heavy atom. The highest BCUT2D eigenvalue weighted by molar-refractivity contribution is 5.99. The van der Waals surface area contributed by atoms with E-state index in [0.717, 1.165) is 16.6 Å². The molecule has 2 aromatic carbocycles. The highest BCUT2D eigenvalue weighted by Gasteiger charge is 2.18. The van der Waals surface area contributed by atoms with Crippen LogP contribution in [0.3, 0.4) is 0 Å². The number of nitro benzene ring substituents is 1. The first kappa shape index (κ1) is 12.3. The van der Waals surface area contributed by atoms with Crippen molar-refractivity contribution in [3.8, 4) is 0 Å². The zero-order valence-corrected chi connectivity index (χ0v) is 11.1. The van der Waals surface area contributed by atoms with Crippen molar-refractivity contribution >= 4 is 27.5 Å². The van der Waals surface area contributed by atoms with Crippen molar-refractivity contribution in [2.45, 2.75) is 13.8 Å². The molecule has 0 radical (unpaired) electrons. The fraction of sp³-hybridized carbons (Fsp3) is 0.133. The average Bonchev–Trinajstić information content (AvgIpc) is 2.41. The van der Waals surface area contributed by atoms with Crippen LogP contribution in [0.1, 0.15) is 11.1 Å². The second-order valence-electron chi connectivity index (χ2n) is 4.86. The molecule has 0 amide bonds. The zero-order valence-electron chi connectivity index (χ0n) is 11.1. The third-order valence-corrected chi connectivity index (χ3v) is 3.58. The molecule has 20 heavy (non-hydrogen) atoms. The van der Waals surface area contributed by atoms with Gasteiger partial charge in [-0.15, -0.1) is 0 Å². The van der Waals surface area contributed by atoms with Crippen LogP contribution in [0.25, 0.3) is 21.8 Å². The number of aromatic amines is 1. The van der Waals surface area contributed by atoms with Crippen molar-refractivity contribution < 1.29 is 4.92 Å². The predicted molar refractivity (Wildman–Crippen MR) is 78.2 cm³/mol. The summed E-state index contributed by atoms with van der Waals surface area (Å²) in [4.78, 5) is 26.4. The Bertz CT molecular complexity index is 926. The van der Waals surface area contributed by atoms with E-state index in [4.69, 9.17) is 0 Å². The molecule has 0 aliphatic heterocycles. The number of non-ortho nitro benzene ring substituents is 1. The van der Waals surface area contributed by atoms with E-state index in [1.165, 1.54) is 6.07 Å². The van der Waals surface area contributed by atoms with Crippen LogP contribution in [0.5, 0.6) is 0 Å². The molecule has 1 N–H and O–H groups in total. The summed E-state index contributed by atoms with van der Waals surface area (Å²) >= 11 is 0. The topological polar surface area (TPSA) is 76.0 Å². The number of fused-ring (bicyclic) bond motifs is 2. The fourth-order valence-corrected chi connectivity index (χ4v) is 2.52. The molecule has 0 bridgehead atoms. The molecule has 0 aliphatic rings. The van der Waals surface area contributed by atoms with Crippen molar-refractivity contribution in [1.29, 1.82) is 0 Å². The summed E-state index contributed by atoms with van der Waals surface area (Å²) in [5, 5.41) is 11.8. The number of nitro groups is 1. The molecule has 0 aliphatic carbocycles. The number of nitrogens with zero attached hydrogens (tertiary/aromatic N) is 1. The van der Waals surface area contributed by atoms with Gasteiger partial charge in [-0.2, -0.15) is 0 Å². The molecular weight excluding hydrogens is 256 g/mol. The number of hydrogen-bond donors (Lipinski definition) is 1. The lowest BCUT2D eigenvalue weighted by molar-refractivity contribution is -0.383. The van der Waals surface area contributed by atoms with Crippen LogP contribution in [0, 0.1) is 24.0 Å². The molecule has 0 unspecified atom stereocenters. The molecular formula is C15H12N2O3. The van der Waals surface area contributed by atoms with Gasteiger partial charge in [-0.3, -0.25) is 14.9 Å². The van der Waals surface area contributed by atoms with Crippen LogP contribution >= 0.6 is 0 Å². The minimum Gasteiger partial charge on any atom is -0.354 e.